The Morgan fingerprint density at radius 1 is 1.18 bits per heavy atom. The summed E-state index contributed by atoms with van der Waals surface area (Å²) < 4.78 is 14.5. The number of aliphatic imine (C=N–C) groups is 1. The lowest BCUT2D eigenvalue weighted by molar-refractivity contribution is -0.131. The first-order valence-electron chi connectivity index (χ1n) is 14.9. The van der Waals surface area contributed by atoms with Crippen molar-refractivity contribution in [1.82, 2.24) is 15.4 Å². The van der Waals surface area contributed by atoms with Gasteiger partial charge in [-0.1, -0.05) is 54.9 Å². The molecule has 10 nitrogen and oxygen atoms in total. The molecular formula is C33H40N6O4S. The molecule has 0 saturated heterocycles. The fraction of sp³-hybridized carbons (Fsp3) is 0.424. The van der Waals surface area contributed by atoms with Crippen LogP contribution in [-0.2, 0) is 27.5 Å². The minimum Gasteiger partial charge on any atom is -0.377 e. The zero-order valence-corrected chi connectivity index (χ0v) is 26.8. The first kappa shape index (κ1) is 32.8. The van der Waals surface area contributed by atoms with Crippen molar-refractivity contribution in [2.75, 3.05) is 17.9 Å². The minimum atomic E-state index is -1.12. The molecule has 4 rings (SSSR count). The van der Waals surface area contributed by atoms with Gasteiger partial charge in [0.05, 0.1) is 25.8 Å². The molecule has 3 aromatic rings. The van der Waals surface area contributed by atoms with E-state index in [1.807, 2.05) is 45.0 Å². The van der Waals surface area contributed by atoms with Crippen LogP contribution in [0.25, 0.3) is 11.1 Å². The molecule has 2 heterocycles. The van der Waals surface area contributed by atoms with Gasteiger partial charge in [0, 0.05) is 23.5 Å². The van der Waals surface area contributed by atoms with Gasteiger partial charge in [-0.3, -0.25) is 19.5 Å². The molecular weight excluding hydrogens is 576 g/mol. The topological polar surface area (TPSA) is 133 Å². The number of rotatable bonds is 15. The number of amidine groups is 1. The van der Waals surface area contributed by atoms with Crippen molar-refractivity contribution in [3.8, 4) is 17.2 Å². The Bertz CT molecular complexity index is 1560. The van der Waals surface area contributed by atoms with E-state index in [2.05, 4.69) is 46.4 Å². The Kier molecular flexibility index (Phi) is 11.2. The summed E-state index contributed by atoms with van der Waals surface area (Å²) in [6, 6.07) is 16.2. The number of unbranched alkanes of at least 4 members (excludes halogenated alkanes) is 1. The molecule has 11 heteroatoms. The van der Waals surface area contributed by atoms with Gasteiger partial charge < -0.3 is 19.3 Å². The Morgan fingerprint density at radius 2 is 1.98 bits per heavy atom. The summed E-state index contributed by atoms with van der Waals surface area (Å²) in [4.78, 5) is 33.3. The summed E-state index contributed by atoms with van der Waals surface area (Å²) in [6.07, 6.45) is 2.26. The summed E-state index contributed by atoms with van der Waals surface area (Å²) in [5, 5.41) is 15.6. The van der Waals surface area contributed by atoms with Crippen molar-refractivity contribution in [2.24, 2.45) is 4.99 Å². The van der Waals surface area contributed by atoms with Gasteiger partial charge in [-0.15, -0.1) is 0 Å². The molecule has 1 aliphatic rings. The van der Waals surface area contributed by atoms with Gasteiger partial charge in [0.15, 0.2) is 11.4 Å². The Labute approximate surface area is 263 Å². The number of hydrogen-bond acceptors (Lipinski definition) is 9. The van der Waals surface area contributed by atoms with Gasteiger partial charge in [-0.05, 0) is 74.4 Å². The van der Waals surface area contributed by atoms with Crippen LogP contribution in [-0.4, -0.2) is 46.4 Å². The second-order valence-electron chi connectivity index (χ2n) is 10.9. The van der Waals surface area contributed by atoms with Crippen LogP contribution in [0.15, 0.2) is 56.9 Å². The zero-order chi connectivity index (χ0) is 31.7. The normalized spacial score (nSPS) is 16.1. The minimum absolute atomic E-state index is 0.0446. The summed E-state index contributed by atoms with van der Waals surface area (Å²) in [6.45, 7) is 11.0. The monoisotopic (exact) mass is 616 g/mol. The third-order valence-corrected chi connectivity index (χ3v) is 8.45. The lowest BCUT2D eigenvalue weighted by atomic mass is 9.97. The molecule has 1 aliphatic heterocycles. The van der Waals surface area contributed by atoms with E-state index in [9.17, 15) is 9.59 Å². The predicted molar refractivity (Wildman–Crippen MR) is 172 cm³/mol. The standard InChI is InChI=1S/C33H40N6O4S/c1-6-8-13-29-36-33(5,21-35-30(40)16-17-34)32(41)39(29)19-24-14-15-26(25(18-24)20-42-7-2)27-11-9-10-12-28(27)44-38-31-22(3)23(4)43-37-31/h9-12,14-15,18H,6-8,13,16,19-21H2,1-5H3,(H,35,40)(H,37,38)/t33-/m1/s1. The van der Waals surface area contributed by atoms with Crippen molar-refractivity contribution >= 4 is 35.4 Å². The van der Waals surface area contributed by atoms with Crippen molar-refractivity contribution in [2.45, 2.75) is 83.9 Å². The van der Waals surface area contributed by atoms with E-state index in [1.54, 1.807) is 11.8 Å². The van der Waals surface area contributed by atoms with E-state index in [-0.39, 0.29) is 18.9 Å². The number of anilines is 1. The van der Waals surface area contributed by atoms with E-state index >= 15 is 0 Å². The van der Waals surface area contributed by atoms with Gasteiger partial charge in [-0.2, -0.15) is 5.26 Å². The summed E-state index contributed by atoms with van der Waals surface area (Å²) in [5.41, 5.74) is 3.90. The van der Waals surface area contributed by atoms with E-state index < -0.39 is 11.4 Å². The van der Waals surface area contributed by atoms with Gasteiger partial charge in [0.2, 0.25) is 5.91 Å². The number of nitrogens with zero attached hydrogens (tertiary/aromatic N) is 4. The molecule has 2 aromatic carbocycles. The molecule has 1 aromatic heterocycles. The van der Waals surface area contributed by atoms with Crippen LogP contribution >= 0.6 is 11.9 Å². The maximum Gasteiger partial charge on any atom is 0.257 e. The third kappa shape index (κ3) is 7.68. The lowest BCUT2D eigenvalue weighted by Crippen LogP contribution is -2.47. The van der Waals surface area contributed by atoms with E-state index in [0.717, 1.165) is 57.2 Å². The fourth-order valence-corrected chi connectivity index (χ4v) is 5.76. The molecule has 0 radical (unpaired) electrons. The second-order valence-corrected chi connectivity index (χ2v) is 11.8. The van der Waals surface area contributed by atoms with Crippen LogP contribution in [0, 0.1) is 25.2 Å². The number of aryl methyl sites for hydroxylation is 1. The molecule has 2 amide bonds. The smallest absolute Gasteiger partial charge is 0.257 e. The van der Waals surface area contributed by atoms with Crippen LogP contribution in [0.4, 0.5) is 5.82 Å². The molecule has 0 fully saturated rings. The molecule has 0 bridgehead atoms. The number of aromatic nitrogens is 1. The van der Waals surface area contributed by atoms with Crippen LogP contribution in [0.2, 0.25) is 0 Å². The van der Waals surface area contributed by atoms with Crippen molar-refractivity contribution in [1.29, 1.82) is 5.26 Å². The summed E-state index contributed by atoms with van der Waals surface area (Å²) in [7, 11) is 0. The Morgan fingerprint density at radius 3 is 2.68 bits per heavy atom. The fourth-order valence-electron chi connectivity index (χ4n) is 4.93. The Hall–Kier alpha value is -4.14. The largest absolute Gasteiger partial charge is 0.377 e. The van der Waals surface area contributed by atoms with Gasteiger partial charge >= 0.3 is 0 Å². The highest BCUT2D eigenvalue weighted by molar-refractivity contribution is 8.00. The molecule has 0 aliphatic carbocycles. The molecule has 1 atom stereocenters. The summed E-state index contributed by atoms with van der Waals surface area (Å²) >= 11 is 1.47. The molecule has 0 unspecified atom stereocenters. The number of nitriles is 1. The number of ether oxygens (including phenoxy) is 1. The van der Waals surface area contributed by atoms with Crippen LogP contribution in [0.5, 0.6) is 0 Å². The number of benzene rings is 2. The van der Waals surface area contributed by atoms with Gasteiger partial charge in [-0.25, -0.2) is 0 Å². The highest BCUT2D eigenvalue weighted by atomic mass is 32.2. The lowest BCUT2D eigenvalue weighted by Gasteiger charge is -2.24. The highest BCUT2D eigenvalue weighted by Crippen LogP contribution is 2.36. The summed E-state index contributed by atoms with van der Waals surface area (Å²) in [5.74, 6) is 1.61. The average Bonchev–Trinajstić information content (AvgIpc) is 3.47. The third-order valence-electron chi connectivity index (χ3n) is 7.58. The van der Waals surface area contributed by atoms with E-state index in [1.165, 1.54) is 11.9 Å². The number of carbonyl (C=O) groups excluding carboxylic acids is 2. The van der Waals surface area contributed by atoms with Gasteiger partial charge in [0.25, 0.3) is 5.91 Å². The van der Waals surface area contributed by atoms with E-state index in [4.69, 9.17) is 19.5 Å². The predicted octanol–water partition coefficient (Wildman–Crippen LogP) is 6.33. The highest BCUT2D eigenvalue weighted by Gasteiger charge is 2.44. The number of amides is 2. The molecule has 2 N–H and O–H groups in total. The second kappa shape index (κ2) is 15.0. The van der Waals surface area contributed by atoms with Gasteiger partial charge in [0.1, 0.15) is 18.0 Å². The Balaban J connectivity index is 1.60. The molecule has 0 saturated carbocycles. The van der Waals surface area contributed by atoms with Crippen LogP contribution in [0.3, 0.4) is 0 Å². The average molecular weight is 617 g/mol. The van der Waals surface area contributed by atoms with Crippen molar-refractivity contribution < 1.29 is 18.8 Å². The first-order chi connectivity index (χ1) is 21.2. The maximum atomic E-state index is 13.7. The maximum absolute atomic E-state index is 13.7. The molecule has 44 heavy (non-hydrogen) atoms. The first-order valence-corrected chi connectivity index (χ1v) is 15.7. The SMILES string of the molecule is CCCCC1=N[C@](C)(CNC(=O)CC#N)C(=O)N1Cc1ccc(-c2ccccc2SNc2noc(C)c2C)c(COCC)c1. The number of carbonyl (C=O) groups is 2. The zero-order valence-electron chi connectivity index (χ0n) is 26.0. The van der Waals surface area contributed by atoms with Crippen LogP contribution in [0.1, 0.15) is 68.9 Å². The van der Waals surface area contributed by atoms with E-state index in [0.29, 0.717) is 32.0 Å². The number of nitrogens with one attached hydrogen (secondary N) is 2. The van der Waals surface area contributed by atoms with Crippen molar-refractivity contribution in [3.63, 3.8) is 0 Å². The van der Waals surface area contributed by atoms with Crippen molar-refractivity contribution in [3.05, 3.63) is 64.9 Å². The number of hydrogen-bond donors (Lipinski definition) is 2. The molecule has 232 valence electrons. The van der Waals surface area contributed by atoms with Crippen LogP contribution < -0.4 is 10.0 Å². The quantitative estimate of drug-likeness (QED) is 0.189. The molecule has 0 spiro atoms.